The molecule has 2 heterocycles. The molecule has 2 saturated heterocycles. The molecule has 1 spiro atoms. The Morgan fingerprint density at radius 3 is 2.78 bits per heavy atom. The highest BCUT2D eigenvalue weighted by molar-refractivity contribution is 5.94. The number of carbonyl (C=O) groups excluding carboxylic acids is 2. The molecule has 1 unspecified atom stereocenters. The summed E-state index contributed by atoms with van der Waals surface area (Å²) in [4.78, 5) is 31.9. The van der Waals surface area contributed by atoms with E-state index in [2.05, 4.69) is 16.8 Å². The summed E-state index contributed by atoms with van der Waals surface area (Å²) >= 11 is 0. The molecule has 1 aromatic rings. The van der Waals surface area contributed by atoms with Crippen molar-refractivity contribution in [3.63, 3.8) is 0 Å². The minimum absolute atomic E-state index is 0.0382. The highest BCUT2D eigenvalue weighted by Gasteiger charge is 2.44. The third-order valence-corrected chi connectivity index (χ3v) is 6.56. The SMILES string of the molecule is CN1CCN(C(=O)c2cccc(O)c2)CC12CCC(=O)N(CC1CC1)CC2. The summed E-state index contributed by atoms with van der Waals surface area (Å²) in [6, 6.07) is 6.56. The number of nitrogens with zero attached hydrogens (tertiary/aromatic N) is 3. The molecule has 0 radical (unpaired) electrons. The molecule has 146 valence electrons. The summed E-state index contributed by atoms with van der Waals surface area (Å²) in [5, 5.41) is 9.70. The van der Waals surface area contributed by atoms with Crippen LogP contribution in [0.15, 0.2) is 24.3 Å². The Balaban J connectivity index is 1.49. The summed E-state index contributed by atoms with van der Waals surface area (Å²) in [5.41, 5.74) is 0.383. The van der Waals surface area contributed by atoms with E-state index in [-0.39, 0.29) is 23.1 Å². The van der Waals surface area contributed by atoms with Gasteiger partial charge in [-0.3, -0.25) is 14.5 Å². The Labute approximate surface area is 160 Å². The molecule has 0 aromatic heterocycles. The first-order chi connectivity index (χ1) is 13.0. The van der Waals surface area contributed by atoms with Gasteiger partial charge in [0.15, 0.2) is 0 Å². The zero-order chi connectivity index (χ0) is 19.0. The van der Waals surface area contributed by atoms with E-state index in [1.54, 1.807) is 18.2 Å². The Hall–Kier alpha value is -2.08. The number of hydrogen-bond acceptors (Lipinski definition) is 4. The minimum Gasteiger partial charge on any atom is -0.508 e. The third-order valence-electron chi connectivity index (χ3n) is 6.56. The van der Waals surface area contributed by atoms with Crippen molar-refractivity contribution in [2.24, 2.45) is 5.92 Å². The molecular weight excluding hydrogens is 342 g/mol. The zero-order valence-electron chi connectivity index (χ0n) is 16.1. The molecule has 1 aromatic carbocycles. The average Bonchev–Trinajstić information content (AvgIpc) is 3.49. The lowest BCUT2D eigenvalue weighted by Crippen LogP contribution is -2.62. The molecule has 1 saturated carbocycles. The predicted octanol–water partition coefficient (Wildman–Crippen LogP) is 1.94. The van der Waals surface area contributed by atoms with Gasteiger partial charge in [-0.15, -0.1) is 0 Å². The number of hydrogen-bond donors (Lipinski definition) is 1. The summed E-state index contributed by atoms with van der Waals surface area (Å²) in [5.74, 6) is 1.05. The molecule has 4 rings (SSSR count). The Morgan fingerprint density at radius 2 is 2.04 bits per heavy atom. The number of piperazine rings is 1. The van der Waals surface area contributed by atoms with Gasteiger partial charge in [0.2, 0.25) is 5.91 Å². The lowest BCUT2D eigenvalue weighted by Gasteiger charge is -2.49. The maximum absolute atomic E-state index is 13.0. The van der Waals surface area contributed by atoms with E-state index in [0.717, 1.165) is 32.5 Å². The zero-order valence-corrected chi connectivity index (χ0v) is 16.1. The van der Waals surface area contributed by atoms with Crippen LogP contribution in [-0.2, 0) is 4.79 Å². The first-order valence-corrected chi connectivity index (χ1v) is 10.0. The smallest absolute Gasteiger partial charge is 0.254 e. The number of likely N-dealkylation sites (N-methyl/N-ethyl adjacent to an activating group) is 1. The average molecular weight is 371 g/mol. The van der Waals surface area contributed by atoms with Crippen LogP contribution in [0.1, 0.15) is 42.5 Å². The third kappa shape index (κ3) is 3.81. The fraction of sp³-hybridized carbons (Fsp3) is 0.619. The first kappa shape index (κ1) is 18.3. The van der Waals surface area contributed by atoms with Crippen LogP contribution in [0.2, 0.25) is 0 Å². The Kier molecular flexibility index (Phi) is 4.84. The first-order valence-electron chi connectivity index (χ1n) is 10.0. The molecule has 3 aliphatic rings. The summed E-state index contributed by atoms with van der Waals surface area (Å²) in [6.45, 7) is 3.81. The topological polar surface area (TPSA) is 64.1 Å². The second-order valence-electron chi connectivity index (χ2n) is 8.46. The second kappa shape index (κ2) is 7.15. The van der Waals surface area contributed by atoms with Gasteiger partial charge in [-0.2, -0.15) is 0 Å². The van der Waals surface area contributed by atoms with Crippen LogP contribution < -0.4 is 0 Å². The fourth-order valence-electron chi connectivity index (χ4n) is 4.49. The van der Waals surface area contributed by atoms with Gasteiger partial charge in [0.1, 0.15) is 5.75 Å². The van der Waals surface area contributed by atoms with Crippen molar-refractivity contribution in [3.05, 3.63) is 29.8 Å². The molecule has 27 heavy (non-hydrogen) atoms. The van der Waals surface area contributed by atoms with E-state index >= 15 is 0 Å². The van der Waals surface area contributed by atoms with E-state index in [4.69, 9.17) is 0 Å². The van der Waals surface area contributed by atoms with E-state index in [0.29, 0.717) is 31.0 Å². The second-order valence-corrected chi connectivity index (χ2v) is 8.46. The normalized spacial score (nSPS) is 27.1. The summed E-state index contributed by atoms with van der Waals surface area (Å²) in [7, 11) is 2.12. The lowest BCUT2D eigenvalue weighted by molar-refractivity contribution is -0.130. The number of carbonyl (C=O) groups is 2. The molecule has 1 aliphatic carbocycles. The van der Waals surface area contributed by atoms with Crippen molar-refractivity contribution in [3.8, 4) is 5.75 Å². The van der Waals surface area contributed by atoms with Crippen LogP contribution >= 0.6 is 0 Å². The monoisotopic (exact) mass is 371 g/mol. The number of amides is 2. The van der Waals surface area contributed by atoms with Gasteiger partial charge in [0, 0.05) is 50.2 Å². The van der Waals surface area contributed by atoms with Gasteiger partial charge in [-0.05, 0) is 56.8 Å². The van der Waals surface area contributed by atoms with E-state index in [9.17, 15) is 14.7 Å². The number of likely N-dealkylation sites (tertiary alicyclic amines) is 1. The number of benzene rings is 1. The van der Waals surface area contributed by atoms with E-state index < -0.39 is 0 Å². The Bertz CT molecular complexity index is 733. The number of aromatic hydroxyl groups is 1. The van der Waals surface area contributed by atoms with Gasteiger partial charge in [-0.25, -0.2) is 0 Å². The molecule has 3 fully saturated rings. The number of rotatable bonds is 3. The molecule has 1 atom stereocenters. The van der Waals surface area contributed by atoms with Crippen molar-refractivity contribution >= 4 is 11.8 Å². The maximum atomic E-state index is 13.0. The van der Waals surface area contributed by atoms with Crippen LogP contribution in [0.3, 0.4) is 0 Å². The van der Waals surface area contributed by atoms with Crippen LogP contribution in [0.4, 0.5) is 0 Å². The van der Waals surface area contributed by atoms with E-state index in [1.807, 2.05) is 4.90 Å². The van der Waals surface area contributed by atoms with Crippen LogP contribution in [0.25, 0.3) is 0 Å². The van der Waals surface area contributed by atoms with Crippen molar-refractivity contribution in [1.29, 1.82) is 0 Å². The summed E-state index contributed by atoms with van der Waals surface area (Å²) < 4.78 is 0. The van der Waals surface area contributed by atoms with Crippen molar-refractivity contribution in [2.75, 3.05) is 39.8 Å². The van der Waals surface area contributed by atoms with Crippen LogP contribution in [-0.4, -0.2) is 76.9 Å². The maximum Gasteiger partial charge on any atom is 0.254 e. The fourth-order valence-corrected chi connectivity index (χ4v) is 4.49. The van der Waals surface area contributed by atoms with Gasteiger partial charge in [0.25, 0.3) is 5.91 Å². The number of phenols is 1. The van der Waals surface area contributed by atoms with Crippen molar-refractivity contribution in [1.82, 2.24) is 14.7 Å². The lowest BCUT2D eigenvalue weighted by atomic mass is 9.86. The minimum atomic E-state index is -0.140. The molecule has 6 heteroatoms. The largest absolute Gasteiger partial charge is 0.508 e. The predicted molar refractivity (Wildman–Crippen MR) is 103 cm³/mol. The molecular formula is C21H29N3O3. The molecule has 1 N–H and O–H groups in total. The molecule has 2 aliphatic heterocycles. The number of phenolic OH excluding ortho intramolecular Hbond substituents is 1. The standard InChI is InChI=1S/C21H29N3O3/c1-22-11-12-24(20(27)17-3-2-4-18(25)13-17)15-21(22)8-7-19(26)23(10-9-21)14-16-5-6-16/h2-4,13,16,25H,5-12,14-15H2,1H3. The van der Waals surface area contributed by atoms with Gasteiger partial charge in [-0.1, -0.05) is 6.07 Å². The van der Waals surface area contributed by atoms with Crippen molar-refractivity contribution < 1.29 is 14.7 Å². The van der Waals surface area contributed by atoms with Crippen molar-refractivity contribution in [2.45, 2.75) is 37.6 Å². The summed E-state index contributed by atoms with van der Waals surface area (Å²) in [6.07, 6.45) is 4.77. The Morgan fingerprint density at radius 1 is 1.22 bits per heavy atom. The van der Waals surface area contributed by atoms with Gasteiger partial charge in [0.05, 0.1) is 0 Å². The highest BCUT2D eigenvalue weighted by Crippen LogP contribution is 2.35. The van der Waals surface area contributed by atoms with Crippen LogP contribution in [0, 0.1) is 5.92 Å². The quantitative estimate of drug-likeness (QED) is 0.882. The van der Waals surface area contributed by atoms with E-state index in [1.165, 1.54) is 18.9 Å². The van der Waals surface area contributed by atoms with Gasteiger partial charge < -0.3 is 14.9 Å². The molecule has 2 amide bonds. The molecule has 6 nitrogen and oxygen atoms in total. The highest BCUT2D eigenvalue weighted by atomic mass is 16.3. The molecule has 0 bridgehead atoms. The van der Waals surface area contributed by atoms with Gasteiger partial charge >= 0.3 is 0 Å². The van der Waals surface area contributed by atoms with Crippen LogP contribution in [0.5, 0.6) is 5.75 Å².